The first-order chi connectivity index (χ1) is 14.9. The van der Waals surface area contributed by atoms with E-state index in [1.54, 1.807) is 12.1 Å². The standard InChI is InChI=1S/C21H21ClFN5O3/c22-13-1-4-17(18(9-13)31-12-19(24)29)28-20(11-27-7-5-25-6-8-27)26-16-3-2-14(23)10-15(16)21(28)30/h1-4,9-10,25H,5-8,11-12H2,(H2,24,29). The number of ether oxygens (including phenoxy) is 1. The van der Waals surface area contributed by atoms with Crippen molar-refractivity contribution in [3.63, 3.8) is 0 Å². The predicted octanol–water partition coefficient (Wildman–Crippen LogP) is 1.45. The molecule has 0 radical (unpaired) electrons. The molecule has 1 saturated heterocycles. The quantitative estimate of drug-likeness (QED) is 0.595. The molecule has 1 aliphatic rings. The summed E-state index contributed by atoms with van der Waals surface area (Å²) in [6.45, 7) is 3.27. The van der Waals surface area contributed by atoms with Crippen LogP contribution >= 0.6 is 11.6 Å². The number of amides is 1. The first-order valence-corrected chi connectivity index (χ1v) is 10.2. The summed E-state index contributed by atoms with van der Waals surface area (Å²) < 4.78 is 20.8. The van der Waals surface area contributed by atoms with Crippen LogP contribution in [-0.4, -0.2) is 53.1 Å². The molecule has 1 fully saturated rings. The Morgan fingerprint density at radius 3 is 2.74 bits per heavy atom. The van der Waals surface area contributed by atoms with Crippen LogP contribution in [0.2, 0.25) is 5.02 Å². The lowest BCUT2D eigenvalue weighted by Gasteiger charge is -2.28. The molecule has 31 heavy (non-hydrogen) atoms. The number of carbonyl (C=O) groups is 1. The Labute approximate surface area is 182 Å². The average molecular weight is 446 g/mol. The molecule has 1 amide bonds. The average Bonchev–Trinajstić information content (AvgIpc) is 2.74. The highest BCUT2D eigenvalue weighted by atomic mass is 35.5. The fourth-order valence-corrected chi connectivity index (χ4v) is 3.73. The largest absolute Gasteiger partial charge is 0.482 e. The van der Waals surface area contributed by atoms with Crippen molar-refractivity contribution < 1.29 is 13.9 Å². The monoisotopic (exact) mass is 445 g/mol. The van der Waals surface area contributed by atoms with Crippen LogP contribution in [0.4, 0.5) is 4.39 Å². The van der Waals surface area contributed by atoms with E-state index < -0.39 is 17.3 Å². The Morgan fingerprint density at radius 2 is 2.00 bits per heavy atom. The number of rotatable bonds is 6. The van der Waals surface area contributed by atoms with E-state index in [-0.39, 0.29) is 17.7 Å². The maximum absolute atomic E-state index is 13.9. The number of carbonyl (C=O) groups excluding carboxylic acids is 1. The SMILES string of the molecule is NC(=O)COc1cc(Cl)ccc1-n1c(CN2CCNCC2)nc2ccc(F)cc2c1=O. The van der Waals surface area contributed by atoms with E-state index in [0.717, 1.165) is 32.2 Å². The third-order valence-electron chi connectivity index (χ3n) is 5.01. The molecular weight excluding hydrogens is 425 g/mol. The van der Waals surface area contributed by atoms with Gasteiger partial charge in [0.25, 0.3) is 11.5 Å². The van der Waals surface area contributed by atoms with Crippen LogP contribution in [0.15, 0.2) is 41.2 Å². The number of fused-ring (bicyclic) bond motifs is 1. The van der Waals surface area contributed by atoms with Gasteiger partial charge in [0.1, 0.15) is 17.4 Å². The fraction of sp³-hybridized carbons (Fsp3) is 0.286. The summed E-state index contributed by atoms with van der Waals surface area (Å²) in [6, 6.07) is 8.63. The van der Waals surface area contributed by atoms with Gasteiger partial charge in [-0.15, -0.1) is 0 Å². The number of primary amides is 1. The number of aromatic nitrogens is 2. The maximum Gasteiger partial charge on any atom is 0.266 e. The third kappa shape index (κ3) is 4.68. The minimum absolute atomic E-state index is 0.139. The van der Waals surface area contributed by atoms with Gasteiger partial charge in [-0.25, -0.2) is 9.37 Å². The second-order valence-electron chi connectivity index (χ2n) is 7.22. The lowest BCUT2D eigenvalue weighted by atomic mass is 10.2. The summed E-state index contributed by atoms with van der Waals surface area (Å²) in [5.41, 5.74) is 5.52. The molecule has 3 N–H and O–H groups in total. The zero-order chi connectivity index (χ0) is 22.0. The first-order valence-electron chi connectivity index (χ1n) is 9.77. The van der Waals surface area contributed by atoms with Gasteiger partial charge in [-0.1, -0.05) is 11.6 Å². The molecule has 0 bridgehead atoms. The summed E-state index contributed by atoms with van der Waals surface area (Å²) in [5, 5.41) is 3.79. The van der Waals surface area contributed by atoms with E-state index in [4.69, 9.17) is 22.1 Å². The van der Waals surface area contributed by atoms with E-state index in [1.165, 1.54) is 22.8 Å². The number of halogens is 2. The number of nitrogens with zero attached hydrogens (tertiary/aromatic N) is 3. The lowest BCUT2D eigenvalue weighted by molar-refractivity contribution is -0.119. The first kappa shape index (κ1) is 21.2. The molecule has 0 aliphatic carbocycles. The van der Waals surface area contributed by atoms with Gasteiger partial charge in [-0.05, 0) is 30.3 Å². The van der Waals surface area contributed by atoms with Gasteiger partial charge in [0.15, 0.2) is 6.61 Å². The van der Waals surface area contributed by atoms with E-state index in [1.807, 2.05) is 0 Å². The van der Waals surface area contributed by atoms with Crippen LogP contribution in [0.25, 0.3) is 16.6 Å². The van der Waals surface area contributed by atoms with Gasteiger partial charge in [0.2, 0.25) is 0 Å². The zero-order valence-corrected chi connectivity index (χ0v) is 17.4. The van der Waals surface area contributed by atoms with E-state index >= 15 is 0 Å². The molecule has 4 rings (SSSR count). The number of nitrogens with one attached hydrogen (secondary N) is 1. The van der Waals surface area contributed by atoms with Gasteiger partial charge in [-0.3, -0.25) is 19.1 Å². The van der Waals surface area contributed by atoms with Gasteiger partial charge in [0.05, 0.1) is 23.1 Å². The molecule has 2 heterocycles. The molecule has 1 aromatic heterocycles. The molecule has 8 nitrogen and oxygen atoms in total. The zero-order valence-electron chi connectivity index (χ0n) is 16.6. The third-order valence-corrected chi connectivity index (χ3v) is 5.24. The summed E-state index contributed by atoms with van der Waals surface area (Å²) >= 11 is 6.11. The molecule has 0 unspecified atom stereocenters. The molecule has 162 valence electrons. The highest BCUT2D eigenvalue weighted by Crippen LogP contribution is 2.28. The highest BCUT2D eigenvalue weighted by Gasteiger charge is 2.20. The van der Waals surface area contributed by atoms with Gasteiger partial charge in [-0.2, -0.15) is 0 Å². The Hall–Kier alpha value is -3.01. The number of hydrogen-bond acceptors (Lipinski definition) is 6. The molecule has 0 saturated carbocycles. The van der Waals surface area contributed by atoms with Crippen molar-refractivity contribution in [3.8, 4) is 11.4 Å². The number of piperazine rings is 1. The van der Waals surface area contributed by atoms with Crippen LogP contribution in [0.5, 0.6) is 5.75 Å². The number of benzene rings is 2. The molecule has 0 atom stereocenters. The van der Waals surface area contributed by atoms with Crippen molar-refractivity contribution in [2.75, 3.05) is 32.8 Å². The van der Waals surface area contributed by atoms with Crippen molar-refractivity contribution in [2.45, 2.75) is 6.54 Å². The Kier molecular flexibility index (Phi) is 6.17. The van der Waals surface area contributed by atoms with E-state index in [0.29, 0.717) is 28.6 Å². The summed E-state index contributed by atoms with van der Waals surface area (Å²) in [7, 11) is 0. The summed E-state index contributed by atoms with van der Waals surface area (Å²) in [6.07, 6.45) is 0. The van der Waals surface area contributed by atoms with Crippen LogP contribution in [0, 0.1) is 5.82 Å². The smallest absolute Gasteiger partial charge is 0.266 e. The Bertz CT molecular complexity index is 1190. The van der Waals surface area contributed by atoms with Crippen molar-refractivity contribution in [1.29, 1.82) is 0 Å². The van der Waals surface area contributed by atoms with Crippen molar-refractivity contribution >= 4 is 28.4 Å². The fourth-order valence-electron chi connectivity index (χ4n) is 3.56. The Balaban J connectivity index is 1.91. The maximum atomic E-state index is 13.9. The minimum Gasteiger partial charge on any atom is -0.482 e. The number of hydrogen-bond donors (Lipinski definition) is 2. The second kappa shape index (κ2) is 9.01. The Morgan fingerprint density at radius 1 is 1.23 bits per heavy atom. The molecule has 10 heteroatoms. The molecule has 0 spiro atoms. The normalized spacial score (nSPS) is 14.6. The topological polar surface area (TPSA) is 102 Å². The van der Waals surface area contributed by atoms with Crippen molar-refractivity contribution in [2.24, 2.45) is 5.73 Å². The van der Waals surface area contributed by atoms with E-state index in [9.17, 15) is 14.0 Å². The van der Waals surface area contributed by atoms with Crippen LogP contribution in [0.1, 0.15) is 5.82 Å². The van der Waals surface area contributed by atoms with Crippen molar-refractivity contribution in [3.05, 3.63) is 63.4 Å². The summed E-state index contributed by atoms with van der Waals surface area (Å²) in [4.78, 5) is 31.5. The molecule has 1 aliphatic heterocycles. The summed E-state index contributed by atoms with van der Waals surface area (Å²) in [5.74, 6) is -0.531. The van der Waals surface area contributed by atoms with E-state index in [2.05, 4.69) is 15.2 Å². The van der Waals surface area contributed by atoms with Crippen LogP contribution < -0.4 is 21.3 Å². The van der Waals surface area contributed by atoms with Gasteiger partial charge in [0, 0.05) is 37.3 Å². The highest BCUT2D eigenvalue weighted by molar-refractivity contribution is 6.30. The number of nitrogens with two attached hydrogens (primary N) is 1. The minimum atomic E-state index is -0.668. The van der Waals surface area contributed by atoms with Gasteiger partial charge >= 0.3 is 0 Å². The van der Waals surface area contributed by atoms with Crippen molar-refractivity contribution in [1.82, 2.24) is 19.8 Å². The van der Waals surface area contributed by atoms with Gasteiger partial charge < -0.3 is 15.8 Å². The van der Waals surface area contributed by atoms with Crippen LogP contribution in [0.3, 0.4) is 0 Å². The second-order valence-corrected chi connectivity index (χ2v) is 7.66. The lowest BCUT2D eigenvalue weighted by Crippen LogP contribution is -2.44. The predicted molar refractivity (Wildman–Crippen MR) is 115 cm³/mol. The van der Waals surface area contributed by atoms with Crippen LogP contribution in [-0.2, 0) is 11.3 Å². The molecule has 2 aromatic carbocycles. The molecule has 3 aromatic rings. The molecular formula is C21H21ClFN5O3.